The predicted molar refractivity (Wildman–Crippen MR) is 285 cm³/mol. The molecule has 0 bridgehead atoms. The number of aryl methyl sites for hydroxylation is 2. The van der Waals surface area contributed by atoms with Gasteiger partial charge in [-0.15, -0.1) is 22.7 Å². The Hall–Kier alpha value is -7.52. The quantitative estimate of drug-likeness (QED) is 0.111. The van der Waals surface area contributed by atoms with Gasteiger partial charge in [-0.2, -0.15) is 0 Å². The minimum Gasteiger partial charge on any atom is -0.481 e. The van der Waals surface area contributed by atoms with Gasteiger partial charge < -0.3 is 18.9 Å². The monoisotopic (exact) mass is 1030 g/mol. The highest BCUT2D eigenvalue weighted by atomic mass is 32.2. The second-order valence-corrected chi connectivity index (χ2v) is 21.4. The number of nitrogens with one attached hydrogen (secondary N) is 3. The molecule has 0 atom stereocenters. The molecule has 20 heteroatoms. The number of H-pyrrole nitrogens is 1. The Bertz CT molecular complexity index is 3960. The lowest BCUT2D eigenvalue weighted by Crippen LogP contribution is -2.32. The third-order valence-electron chi connectivity index (χ3n) is 11.5. The lowest BCUT2D eigenvalue weighted by Gasteiger charge is -2.14. The molecule has 16 nitrogen and oxygen atoms in total. The summed E-state index contributed by atoms with van der Waals surface area (Å²) in [6, 6.07) is 30.2. The van der Waals surface area contributed by atoms with Crippen LogP contribution in [0, 0.1) is 13.8 Å². The van der Waals surface area contributed by atoms with E-state index in [1.165, 1.54) is 36.0 Å². The Kier molecular flexibility index (Phi) is 14.8. The number of ether oxygens (including phenoxy) is 1. The molecule has 6 heterocycles. The first kappa shape index (κ1) is 51.3. The topological polar surface area (TPSA) is 217 Å². The number of hydrogen-bond acceptors (Lipinski definition) is 13. The maximum absolute atomic E-state index is 13.6. The van der Waals surface area contributed by atoms with Gasteiger partial charge in [0.2, 0.25) is 25.9 Å². The smallest absolute Gasteiger partial charge is 0.282 e. The Morgan fingerprint density at radius 1 is 0.634 bits per heavy atom. The van der Waals surface area contributed by atoms with E-state index in [2.05, 4.69) is 29.4 Å². The summed E-state index contributed by atoms with van der Waals surface area (Å²) in [7, 11) is -6.18. The van der Waals surface area contributed by atoms with Gasteiger partial charge in [0.15, 0.2) is 0 Å². The first-order chi connectivity index (χ1) is 33.0. The van der Waals surface area contributed by atoms with E-state index in [4.69, 9.17) is 4.74 Å². The van der Waals surface area contributed by atoms with Crippen molar-refractivity contribution in [2.75, 3.05) is 19.6 Å². The van der Waals surface area contributed by atoms with E-state index < -0.39 is 37.4 Å². The average molecular weight is 1030 g/mol. The second-order valence-electron chi connectivity index (χ2n) is 16.2. The summed E-state index contributed by atoms with van der Waals surface area (Å²) in [5.41, 5.74) is 11.9. The Morgan fingerprint density at radius 3 is 1.55 bits per heavy atom. The molecule has 0 aliphatic heterocycles. The summed E-state index contributed by atoms with van der Waals surface area (Å²) in [5, 5.41) is 1.37. The molecule has 0 saturated heterocycles. The van der Waals surface area contributed by atoms with Crippen LogP contribution in [0.2, 0.25) is 0 Å². The predicted octanol–water partition coefficient (Wildman–Crippen LogP) is 9.29. The number of fused-ring (bicyclic) bond motifs is 6. The van der Waals surface area contributed by atoms with Crippen molar-refractivity contribution in [3.05, 3.63) is 164 Å². The number of thiazole rings is 2. The summed E-state index contributed by atoms with van der Waals surface area (Å²) in [6.07, 6.45) is 4.99. The molecule has 4 aromatic carbocycles. The first-order valence-corrected chi connectivity index (χ1v) is 26.6. The maximum atomic E-state index is 13.6. The molecule has 366 valence electrons. The van der Waals surface area contributed by atoms with Gasteiger partial charge in [-0.1, -0.05) is 63.4 Å². The molecule has 0 unspecified atom stereocenters. The minimum atomic E-state index is -3.86. The number of carbonyl (C=O) groups is 2. The summed E-state index contributed by atoms with van der Waals surface area (Å²) in [4.78, 5) is 56.1. The standard InChI is InChI=1S/C25H22N4O4S2.C24H20N4O4S2.2CH4/c1-15-7-4-5-8-16(15)13-29-18-10-11-19-22(27-14-34-19)21(18)20(17-9-6-12-26-25(17)33-2)23(29)24(30)28-35(3,31)32;1-14-6-3-4-7-15(14)12-28-17-9-10-18-21(26-13-33-18)20(17)19(16-8-5-11-25-23(16)29)22(28)24(30)27-34(2,31)32;;/h4-12,14H,13H2,1-3H3,(H,28,30);3-11,13H,12H2,1-2H3,(H,25,29)(H,27,30);2*1H4. The molecule has 0 aliphatic rings. The van der Waals surface area contributed by atoms with Gasteiger partial charge in [-0.3, -0.25) is 14.4 Å². The largest absolute Gasteiger partial charge is 0.481 e. The van der Waals surface area contributed by atoms with Crippen molar-refractivity contribution in [3.63, 3.8) is 0 Å². The van der Waals surface area contributed by atoms with Gasteiger partial charge in [0.05, 0.1) is 67.7 Å². The molecule has 0 spiro atoms. The highest BCUT2D eigenvalue weighted by Crippen LogP contribution is 2.43. The van der Waals surface area contributed by atoms with E-state index in [9.17, 15) is 31.2 Å². The van der Waals surface area contributed by atoms with E-state index >= 15 is 0 Å². The highest BCUT2D eigenvalue weighted by Gasteiger charge is 2.31. The van der Waals surface area contributed by atoms with Crippen LogP contribution in [0.4, 0.5) is 0 Å². The fraction of sp³-hybridized carbons (Fsp3) is 0.176. The van der Waals surface area contributed by atoms with Crippen LogP contribution < -0.4 is 19.7 Å². The number of aromatic amines is 1. The van der Waals surface area contributed by atoms with Crippen molar-refractivity contribution in [2.24, 2.45) is 0 Å². The van der Waals surface area contributed by atoms with Crippen molar-refractivity contribution in [1.29, 1.82) is 0 Å². The van der Waals surface area contributed by atoms with Crippen LogP contribution in [-0.4, -0.2) is 77.3 Å². The van der Waals surface area contributed by atoms with E-state index in [0.717, 1.165) is 60.6 Å². The number of rotatable bonds is 11. The van der Waals surface area contributed by atoms with Crippen LogP contribution in [0.15, 0.2) is 125 Å². The van der Waals surface area contributed by atoms with Crippen molar-refractivity contribution >= 4 is 96.8 Å². The molecule has 6 aromatic heterocycles. The van der Waals surface area contributed by atoms with Crippen molar-refractivity contribution in [1.82, 2.24) is 38.5 Å². The zero-order valence-corrected chi connectivity index (χ0v) is 40.9. The number of sulfonamides is 2. The van der Waals surface area contributed by atoms with Crippen molar-refractivity contribution < 1.29 is 31.2 Å². The van der Waals surface area contributed by atoms with Gasteiger partial charge in [0, 0.05) is 52.9 Å². The number of nitrogens with zero attached hydrogens (tertiary/aromatic N) is 5. The molecular weight excluding hydrogens is 981 g/mol. The normalized spacial score (nSPS) is 11.5. The van der Waals surface area contributed by atoms with Crippen molar-refractivity contribution in [3.8, 4) is 28.1 Å². The Balaban J connectivity index is 0.000000203. The third-order valence-corrected chi connectivity index (χ3v) is 14.2. The summed E-state index contributed by atoms with van der Waals surface area (Å²) in [6.45, 7) is 4.63. The second kappa shape index (κ2) is 20.4. The number of aromatic nitrogens is 6. The van der Waals surface area contributed by atoms with E-state index in [0.29, 0.717) is 52.1 Å². The molecule has 71 heavy (non-hydrogen) atoms. The van der Waals surface area contributed by atoms with Crippen LogP contribution in [0.1, 0.15) is 58.1 Å². The zero-order valence-electron chi connectivity index (χ0n) is 37.6. The summed E-state index contributed by atoms with van der Waals surface area (Å²) < 4.78 is 63.5. The van der Waals surface area contributed by atoms with E-state index in [1.54, 1.807) is 46.1 Å². The van der Waals surface area contributed by atoms with Gasteiger partial charge >= 0.3 is 0 Å². The third kappa shape index (κ3) is 10.1. The van der Waals surface area contributed by atoms with Gasteiger partial charge in [-0.25, -0.2) is 41.2 Å². The molecule has 0 radical (unpaired) electrons. The van der Waals surface area contributed by atoms with E-state index in [1.807, 2.05) is 91.2 Å². The number of benzene rings is 4. The van der Waals surface area contributed by atoms with Crippen LogP contribution in [0.5, 0.6) is 5.88 Å². The molecule has 10 aromatic rings. The van der Waals surface area contributed by atoms with Crippen LogP contribution >= 0.6 is 22.7 Å². The Morgan fingerprint density at radius 2 is 1.10 bits per heavy atom. The van der Waals surface area contributed by atoms with E-state index in [-0.39, 0.29) is 31.8 Å². The molecule has 3 N–H and O–H groups in total. The molecule has 2 amide bonds. The fourth-order valence-corrected chi connectivity index (χ4v) is 10.8. The zero-order chi connectivity index (χ0) is 48.8. The number of pyridine rings is 2. The van der Waals surface area contributed by atoms with Crippen molar-refractivity contribution in [2.45, 2.75) is 41.8 Å². The molecular formula is C51H50N8O8S4. The minimum absolute atomic E-state index is 0. The lowest BCUT2D eigenvalue weighted by atomic mass is 10.0. The van der Waals surface area contributed by atoms with Gasteiger partial charge in [0.25, 0.3) is 17.4 Å². The maximum Gasteiger partial charge on any atom is 0.282 e. The molecule has 10 rings (SSSR count). The number of methoxy groups -OCH3 is 1. The molecule has 0 aliphatic carbocycles. The fourth-order valence-electron chi connectivity index (χ4n) is 8.57. The lowest BCUT2D eigenvalue weighted by molar-refractivity contribution is 0.0965. The number of carbonyl (C=O) groups excluding carboxylic acids is 2. The number of amides is 2. The Labute approximate surface area is 418 Å². The van der Waals surface area contributed by atoms with Crippen LogP contribution in [0.3, 0.4) is 0 Å². The first-order valence-electron chi connectivity index (χ1n) is 21.1. The van der Waals surface area contributed by atoms with Crippen LogP contribution in [0.25, 0.3) is 64.5 Å². The van der Waals surface area contributed by atoms with Gasteiger partial charge in [-0.05, 0) is 84.6 Å². The van der Waals surface area contributed by atoms with Gasteiger partial charge in [0.1, 0.15) is 11.4 Å². The van der Waals surface area contributed by atoms with Crippen LogP contribution in [-0.2, 0) is 33.1 Å². The summed E-state index contributed by atoms with van der Waals surface area (Å²) >= 11 is 2.94. The average Bonchev–Trinajstić information content (AvgIpc) is 4.11. The summed E-state index contributed by atoms with van der Waals surface area (Å²) in [5.74, 6) is -1.22. The molecule has 0 fully saturated rings. The highest BCUT2D eigenvalue weighted by molar-refractivity contribution is 7.89. The number of hydrogen-bond donors (Lipinski definition) is 3. The SMILES string of the molecule is C.C.COc1ncccc1-c1c(C(=O)NS(C)(=O)=O)n(Cc2ccccc2C)c2ccc3scnc3c12.Cc1ccccc1Cn1c(C(=O)NS(C)(=O)=O)c(-c2ccc[nH]c2=O)c2c3ncsc3ccc21. The molecule has 0 saturated carbocycles.